The highest BCUT2D eigenvalue weighted by molar-refractivity contribution is 5.73. The Kier molecular flexibility index (Phi) is 5.33. The maximum atomic E-state index is 10.6. The molecule has 3 nitrogen and oxygen atoms in total. The molecule has 0 saturated heterocycles. The molecule has 1 aliphatic rings. The molecule has 1 aliphatic carbocycles. The molecular formula is C14H16F3NO2. The highest BCUT2D eigenvalue weighted by Crippen LogP contribution is 2.35. The van der Waals surface area contributed by atoms with Crippen LogP contribution in [0.1, 0.15) is 18.9 Å². The molecule has 20 heavy (non-hydrogen) atoms. The predicted octanol–water partition coefficient (Wildman–Crippen LogP) is 3.07. The van der Waals surface area contributed by atoms with E-state index in [0.717, 1.165) is 6.42 Å². The summed E-state index contributed by atoms with van der Waals surface area (Å²) in [6.45, 7) is 2.17. The Morgan fingerprint density at radius 3 is 2.15 bits per heavy atom. The second-order valence-electron chi connectivity index (χ2n) is 4.61. The molecule has 3 N–H and O–H groups in total. The van der Waals surface area contributed by atoms with E-state index in [-0.39, 0.29) is 0 Å². The highest BCUT2D eigenvalue weighted by atomic mass is 19.4. The van der Waals surface area contributed by atoms with Crippen molar-refractivity contribution in [2.45, 2.75) is 25.6 Å². The molecule has 1 aromatic carbocycles. The number of nitrogens with two attached hydrogens (primary N) is 1. The van der Waals surface area contributed by atoms with E-state index >= 15 is 0 Å². The normalized spacial score (nSPS) is 21.8. The van der Waals surface area contributed by atoms with Gasteiger partial charge >= 0.3 is 12.1 Å². The number of benzene rings is 1. The van der Waals surface area contributed by atoms with Crippen LogP contribution < -0.4 is 5.73 Å². The van der Waals surface area contributed by atoms with Gasteiger partial charge in [0.2, 0.25) is 0 Å². The standard InChI is InChI=1S/C12H15N.C2HF3O2/c1-9(11-8-12(11)13)7-10-5-3-2-4-6-10;3-2(4,5)1(6)7/h2-7,11-12H,8,13H2,1H3;(H,6,7). The van der Waals surface area contributed by atoms with Gasteiger partial charge in [-0.25, -0.2) is 4.79 Å². The second kappa shape index (κ2) is 6.56. The van der Waals surface area contributed by atoms with Gasteiger partial charge in [-0.2, -0.15) is 13.2 Å². The van der Waals surface area contributed by atoms with Crippen molar-refractivity contribution < 1.29 is 23.1 Å². The van der Waals surface area contributed by atoms with Crippen LogP contribution in [0.25, 0.3) is 6.08 Å². The Labute approximate surface area is 114 Å². The number of carbonyl (C=O) groups is 1. The number of halogens is 3. The molecular weight excluding hydrogens is 271 g/mol. The van der Waals surface area contributed by atoms with Gasteiger partial charge in [0.15, 0.2) is 0 Å². The number of carboxylic acid groups (broad SMARTS) is 1. The Morgan fingerprint density at radius 2 is 1.80 bits per heavy atom. The van der Waals surface area contributed by atoms with Gasteiger partial charge in [0, 0.05) is 6.04 Å². The van der Waals surface area contributed by atoms with Gasteiger partial charge < -0.3 is 10.8 Å². The van der Waals surface area contributed by atoms with Crippen LogP contribution in [0.2, 0.25) is 0 Å². The summed E-state index contributed by atoms with van der Waals surface area (Å²) >= 11 is 0. The largest absolute Gasteiger partial charge is 0.490 e. The fourth-order valence-corrected chi connectivity index (χ4v) is 1.66. The van der Waals surface area contributed by atoms with Crippen LogP contribution >= 0.6 is 0 Å². The van der Waals surface area contributed by atoms with Crippen LogP contribution in [0.3, 0.4) is 0 Å². The average Bonchev–Trinajstić information content (AvgIpc) is 3.07. The van der Waals surface area contributed by atoms with E-state index in [1.54, 1.807) is 0 Å². The van der Waals surface area contributed by atoms with Crippen molar-refractivity contribution in [1.29, 1.82) is 0 Å². The lowest BCUT2D eigenvalue weighted by Crippen LogP contribution is -2.21. The van der Waals surface area contributed by atoms with E-state index < -0.39 is 12.1 Å². The van der Waals surface area contributed by atoms with E-state index in [1.165, 1.54) is 11.1 Å². The van der Waals surface area contributed by atoms with Gasteiger partial charge in [-0.1, -0.05) is 42.0 Å². The minimum Gasteiger partial charge on any atom is -0.475 e. The Morgan fingerprint density at radius 1 is 1.35 bits per heavy atom. The lowest BCUT2D eigenvalue weighted by atomic mass is 10.1. The molecule has 0 spiro atoms. The van der Waals surface area contributed by atoms with Crippen molar-refractivity contribution in [3.63, 3.8) is 0 Å². The molecule has 1 saturated carbocycles. The van der Waals surface area contributed by atoms with Crippen LogP contribution in [-0.2, 0) is 4.79 Å². The molecule has 0 aromatic heterocycles. The zero-order chi connectivity index (χ0) is 15.3. The number of carboxylic acids is 1. The SMILES string of the molecule is CC(=Cc1ccccc1)C1CC1N.O=C(O)C(F)(F)F. The topological polar surface area (TPSA) is 63.3 Å². The van der Waals surface area contributed by atoms with E-state index in [4.69, 9.17) is 15.6 Å². The Bertz CT molecular complexity index is 483. The van der Waals surface area contributed by atoms with Gasteiger partial charge in [-0.3, -0.25) is 0 Å². The molecule has 0 bridgehead atoms. The summed E-state index contributed by atoms with van der Waals surface area (Å²) < 4.78 is 31.7. The van der Waals surface area contributed by atoms with Crippen LogP contribution in [0.4, 0.5) is 13.2 Å². The minimum absolute atomic E-state index is 0.417. The maximum Gasteiger partial charge on any atom is 0.490 e. The van der Waals surface area contributed by atoms with Crippen LogP contribution in [0.15, 0.2) is 35.9 Å². The van der Waals surface area contributed by atoms with Crippen LogP contribution in [0.5, 0.6) is 0 Å². The Hall–Kier alpha value is -1.82. The Balaban J connectivity index is 0.000000246. The molecule has 1 fully saturated rings. The molecule has 1 aromatic rings. The zero-order valence-electron chi connectivity index (χ0n) is 10.9. The van der Waals surface area contributed by atoms with Crippen molar-refractivity contribution >= 4 is 12.0 Å². The summed E-state index contributed by atoms with van der Waals surface area (Å²) in [5.74, 6) is -2.12. The monoisotopic (exact) mass is 287 g/mol. The number of rotatable bonds is 2. The third kappa shape index (κ3) is 5.44. The highest BCUT2D eigenvalue weighted by Gasteiger charge is 2.38. The fraction of sp³-hybridized carbons (Fsp3) is 0.357. The van der Waals surface area contributed by atoms with Crippen molar-refractivity contribution in [1.82, 2.24) is 0 Å². The first kappa shape index (κ1) is 16.2. The number of alkyl halides is 3. The van der Waals surface area contributed by atoms with E-state index in [0.29, 0.717) is 12.0 Å². The van der Waals surface area contributed by atoms with Gasteiger partial charge in [0.1, 0.15) is 0 Å². The summed E-state index contributed by atoms with van der Waals surface area (Å²) in [7, 11) is 0. The summed E-state index contributed by atoms with van der Waals surface area (Å²) in [5.41, 5.74) is 8.47. The van der Waals surface area contributed by atoms with Gasteiger partial charge in [0.25, 0.3) is 0 Å². The minimum atomic E-state index is -5.08. The summed E-state index contributed by atoms with van der Waals surface area (Å²) in [6, 6.07) is 10.8. The predicted molar refractivity (Wildman–Crippen MR) is 69.9 cm³/mol. The number of hydrogen-bond donors (Lipinski definition) is 2. The second-order valence-corrected chi connectivity index (χ2v) is 4.61. The summed E-state index contributed by atoms with van der Waals surface area (Å²) in [5, 5.41) is 7.12. The average molecular weight is 287 g/mol. The number of aliphatic carboxylic acids is 1. The maximum absolute atomic E-state index is 10.6. The van der Waals surface area contributed by atoms with Crippen LogP contribution in [0, 0.1) is 5.92 Å². The third-order valence-electron chi connectivity index (χ3n) is 2.86. The van der Waals surface area contributed by atoms with Crippen molar-refractivity contribution in [3.8, 4) is 0 Å². The van der Waals surface area contributed by atoms with Gasteiger partial charge in [-0.15, -0.1) is 0 Å². The molecule has 6 heteroatoms. The third-order valence-corrected chi connectivity index (χ3v) is 2.86. The van der Waals surface area contributed by atoms with E-state index in [2.05, 4.69) is 37.3 Å². The molecule has 2 atom stereocenters. The summed E-state index contributed by atoms with van der Waals surface area (Å²) in [4.78, 5) is 8.90. The van der Waals surface area contributed by atoms with Crippen molar-refractivity contribution in [2.24, 2.45) is 11.7 Å². The molecule has 110 valence electrons. The van der Waals surface area contributed by atoms with Crippen molar-refractivity contribution in [2.75, 3.05) is 0 Å². The lowest BCUT2D eigenvalue weighted by Gasteiger charge is -1.98. The first-order chi connectivity index (χ1) is 9.21. The van der Waals surface area contributed by atoms with E-state index in [9.17, 15) is 13.2 Å². The van der Waals surface area contributed by atoms with Crippen LogP contribution in [-0.4, -0.2) is 23.3 Å². The van der Waals surface area contributed by atoms with E-state index in [1.807, 2.05) is 6.07 Å². The quantitative estimate of drug-likeness (QED) is 0.878. The fourth-order valence-electron chi connectivity index (χ4n) is 1.66. The molecule has 2 unspecified atom stereocenters. The smallest absolute Gasteiger partial charge is 0.475 e. The molecule has 0 heterocycles. The molecule has 0 amide bonds. The van der Waals surface area contributed by atoms with Gasteiger partial charge in [0.05, 0.1) is 0 Å². The van der Waals surface area contributed by atoms with Crippen molar-refractivity contribution in [3.05, 3.63) is 41.5 Å². The summed E-state index contributed by atoms with van der Waals surface area (Å²) in [6.07, 6.45) is -1.69. The molecule has 0 aliphatic heterocycles. The number of hydrogen-bond acceptors (Lipinski definition) is 2. The first-order valence-electron chi connectivity index (χ1n) is 6.00. The molecule has 0 radical (unpaired) electrons. The first-order valence-corrected chi connectivity index (χ1v) is 6.00. The molecule has 2 rings (SSSR count). The lowest BCUT2D eigenvalue weighted by molar-refractivity contribution is -0.192. The zero-order valence-corrected chi connectivity index (χ0v) is 10.9. The van der Waals surface area contributed by atoms with Gasteiger partial charge in [-0.05, 0) is 24.8 Å².